The Hall–Kier alpha value is -1.24. The third kappa shape index (κ3) is 5.08. The summed E-state index contributed by atoms with van der Waals surface area (Å²) in [7, 11) is 0. The van der Waals surface area contributed by atoms with Gasteiger partial charge in [0.2, 0.25) is 5.91 Å². The second-order valence-electron chi connectivity index (χ2n) is 3.19. The van der Waals surface area contributed by atoms with Crippen LogP contribution in [0.3, 0.4) is 0 Å². The minimum Gasteiger partial charge on any atom is -0.486 e. The van der Waals surface area contributed by atoms with Gasteiger partial charge in [-0.25, -0.2) is 13.8 Å². The number of hydrogen-bond donors (Lipinski definition) is 1. The van der Waals surface area contributed by atoms with Crippen molar-refractivity contribution in [3.63, 3.8) is 0 Å². The molecular weight excluding hydrogens is 298 g/mol. The number of rotatable bonds is 5. The van der Waals surface area contributed by atoms with Gasteiger partial charge in [-0.2, -0.15) is 0 Å². The summed E-state index contributed by atoms with van der Waals surface area (Å²) >= 11 is 3.10. The third-order valence-electron chi connectivity index (χ3n) is 1.72. The van der Waals surface area contributed by atoms with Crippen molar-refractivity contribution < 1.29 is 18.3 Å². The number of nitrogens with zero attached hydrogens (tertiary/aromatic N) is 1. The van der Waals surface area contributed by atoms with Crippen LogP contribution in [0.4, 0.5) is 14.6 Å². The molecule has 17 heavy (non-hydrogen) atoms. The number of carbonyl (C=O) groups is 1. The number of alkyl halides is 3. The van der Waals surface area contributed by atoms with E-state index in [0.29, 0.717) is 5.82 Å². The Labute approximate surface area is 105 Å². The Balaban J connectivity index is 2.53. The SMILES string of the molecule is CC(Br)C(=O)Nc1ccc(OCC(F)F)cn1. The lowest BCUT2D eigenvalue weighted by Gasteiger charge is -2.07. The maximum Gasteiger partial charge on any atom is 0.272 e. The average molecular weight is 309 g/mol. The van der Waals surface area contributed by atoms with Crippen LogP contribution >= 0.6 is 15.9 Å². The summed E-state index contributed by atoms with van der Waals surface area (Å²) in [6, 6.07) is 2.94. The van der Waals surface area contributed by atoms with Crippen molar-refractivity contribution in [2.75, 3.05) is 11.9 Å². The molecule has 0 aliphatic heterocycles. The van der Waals surface area contributed by atoms with E-state index in [1.54, 1.807) is 6.92 Å². The molecule has 0 saturated carbocycles. The molecule has 1 aromatic heterocycles. The fraction of sp³-hybridized carbons (Fsp3) is 0.400. The molecule has 1 atom stereocenters. The standard InChI is InChI=1S/C10H11BrF2N2O2/c1-6(11)10(16)15-9-3-2-7(4-14-9)17-5-8(12)13/h2-4,6,8H,5H2,1H3,(H,14,15,16). The second kappa shape index (κ2) is 6.48. The molecule has 4 nitrogen and oxygen atoms in total. The monoisotopic (exact) mass is 308 g/mol. The van der Waals surface area contributed by atoms with Crippen molar-refractivity contribution in [2.24, 2.45) is 0 Å². The topological polar surface area (TPSA) is 51.2 Å². The van der Waals surface area contributed by atoms with Gasteiger partial charge in [-0.3, -0.25) is 4.79 Å². The molecule has 0 bridgehead atoms. The summed E-state index contributed by atoms with van der Waals surface area (Å²) < 4.78 is 28.4. The summed E-state index contributed by atoms with van der Waals surface area (Å²) in [5, 5.41) is 2.53. The molecular formula is C10H11BrF2N2O2. The van der Waals surface area contributed by atoms with Crippen LogP contribution in [0.2, 0.25) is 0 Å². The van der Waals surface area contributed by atoms with Crippen LogP contribution in [0, 0.1) is 0 Å². The van der Waals surface area contributed by atoms with E-state index in [0.717, 1.165) is 0 Å². The lowest BCUT2D eigenvalue weighted by atomic mass is 10.4. The molecule has 94 valence electrons. The van der Waals surface area contributed by atoms with Crippen LogP contribution in [0.5, 0.6) is 5.75 Å². The number of carbonyl (C=O) groups excluding carboxylic acids is 1. The molecule has 0 fully saturated rings. The van der Waals surface area contributed by atoms with Crippen LogP contribution in [-0.4, -0.2) is 28.8 Å². The number of halogens is 3. The molecule has 1 aromatic rings. The number of ether oxygens (including phenoxy) is 1. The van der Waals surface area contributed by atoms with E-state index in [4.69, 9.17) is 4.74 Å². The Morgan fingerprint density at radius 3 is 2.76 bits per heavy atom. The van der Waals surface area contributed by atoms with Crippen molar-refractivity contribution in [3.8, 4) is 5.75 Å². The fourth-order valence-corrected chi connectivity index (χ4v) is 1.04. The number of anilines is 1. The van der Waals surface area contributed by atoms with Gasteiger partial charge >= 0.3 is 0 Å². The minimum atomic E-state index is -2.52. The normalized spacial score (nSPS) is 12.3. The first-order valence-corrected chi connectivity index (χ1v) is 5.72. The largest absolute Gasteiger partial charge is 0.486 e. The smallest absolute Gasteiger partial charge is 0.272 e. The molecule has 0 spiro atoms. The second-order valence-corrected chi connectivity index (χ2v) is 4.56. The van der Waals surface area contributed by atoms with E-state index >= 15 is 0 Å². The van der Waals surface area contributed by atoms with E-state index in [1.807, 2.05) is 0 Å². The van der Waals surface area contributed by atoms with Gasteiger partial charge in [0.25, 0.3) is 6.43 Å². The van der Waals surface area contributed by atoms with E-state index < -0.39 is 13.0 Å². The molecule has 1 amide bonds. The maximum atomic E-state index is 11.9. The summed E-state index contributed by atoms with van der Waals surface area (Å²) in [4.78, 5) is 14.8. The number of hydrogen-bond acceptors (Lipinski definition) is 3. The highest BCUT2D eigenvalue weighted by molar-refractivity contribution is 9.10. The molecule has 1 rings (SSSR count). The molecule has 1 unspecified atom stereocenters. The van der Waals surface area contributed by atoms with Crippen LogP contribution in [0.25, 0.3) is 0 Å². The molecule has 0 saturated heterocycles. The first-order valence-electron chi connectivity index (χ1n) is 4.81. The Morgan fingerprint density at radius 2 is 2.29 bits per heavy atom. The predicted molar refractivity (Wildman–Crippen MR) is 62.8 cm³/mol. The first kappa shape index (κ1) is 13.8. The van der Waals surface area contributed by atoms with Crippen molar-refractivity contribution in [3.05, 3.63) is 18.3 Å². The van der Waals surface area contributed by atoms with E-state index in [-0.39, 0.29) is 16.5 Å². The number of aromatic nitrogens is 1. The molecule has 0 aliphatic carbocycles. The van der Waals surface area contributed by atoms with Gasteiger partial charge in [-0.15, -0.1) is 0 Å². The van der Waals surface area contributed by atoms with Crippen molar-refractivity contribution in [1.82, 2.24) is 4.98 Å². The summed E-state index contributed by atoms with van der Waals surface area (Å²) in [6.45, 7) is 1.00. The van der Waals surface area contributed by atoms with Gasteiger partial charge in [-0.1, -0.05) is 15.9 Å². The molecule has 0 aromatic carbocycles. The van der Waals surface area contributed by atoms with Gasteiger partial charge in [0, 0.05) is 0 Å². The lowest BCUT2D eigenvalue weighted by Crippen LogP contribution is -2.20. The van der Waals surface area contributed by atoms with Crippen molar-refractivity contribution in [1.29, 1.82) is 0 Å². The average Bonchev–Trinajstić information content (AvgIpc) is 2.28. The summed E-state index contributed by atoms with van der Waals surface area (Å²) in [5.74, 6) is 0.333. The van der Waals surface area contributed by atoms with E-state index in [2.05, 4.69) is 26.2 Å². The number of pyridine rings is 1. The molecule has 7 heteroatoms. The zero-order chi connectivity index (χ0) is 12.8. The molecule has 0 radical (unpaired) electrons. The predicted octanol–water partition coefficient (Wildman–Crippen LogP) is 2.45. The van der Waals surface area contributed by atoms with Crippen LogP contribution in [-0.2, 0) is 4.79 Å². The van der Waals surface area contributed by atoms with Crippen LogP contribution in [0.15, 0.2) is 18.3 Å². The van der Waals surface area contributed by atoms with Gasteiger partial charge < -0.3 is 10.1 Å². The molecule has 1 N–H and O–H groups in total. The first-order chi connectivity index (χ1) is 7.99. The highest BCUT2D eigenvalue weighted by Gasteiger charge is 2.09. The Bertz CT molecular complexity index is 371. The zero-order valence-electron chi connectivity index (χ0n) is 8.99. The quantitative estimate of drug-likeness (QED) is 0.850. The highest BCUT2D eigenvalue weighted by Crippen LogP contribution is 2.13. The summed E-state index contributed by atoms with van der Waals surface area (Å²) in [5.41, 5.74) is 0. The fourth-order valence-electron chi connectivity index (χ4n) is 0.925. The number of amides is 1. The Morgan fingerprint density at radius 1 is 1.59 bits per heavy atom. The third-order valence-corrected chi connectivity index (χ3v) is 2.14. The van der Waals surface area contributed by atoms with Gasteiger partial charge in [0.1, 0.15) is 18.2 Å². The Kier molecular flexibility index (Phi) is 5.27. The van der Waals surface area contributed by atoms with E-state index in [1.165, 1.54) is 18.3 Å². The zero-order valence-corrected chi connectivity index (χ0v) is 10.6. The number of nitrogens with one attached hydrogen (secondary N) is 1. The summed E-state index contributed by atoms with van der Waals surface area (Å²) in [6.07, 6.45) is -1.25. The van der Waals surface area contributed by atoms with Crippen molar-refractivity contribution >= 4 is 27.7 Å². The van der Waals surface area contributed by atoms with Gasteiger partial charge in [0.15, 0.2) is 0 Å². The minimum absolute atomic E-state index is 0.232. The van der Waals surface area contributed by atoms with Gasteiger partial charge in [0.05, 0.1) is 11.0 Å². The van der Waals surface area contributed by atoms with Gasteiger partial charge in [-0.05, 0) is 19.1 Å². The van der Waals surface area contributed by atoms with E-state index in [9.17, 15) is 13.6 Å². The highest BCUT2D eigenvalue weighted by atomic mass is 79.9. The molecule has 1 heterocycles. The van der Waals surface area contributed by atoms with Crippen molar-refractivity contribution in [2.45, 2.75) is 18.2 Å². The lowest BCUT2D eigenvalue weighted by molar-refractivity contribution is -0.115. The van der Waals surface area contributed by atoms with Crippen LogP contribution < -0.4 is 10.1 Å². The molecule has 0 aliphatic rings. The van der Waals surface area contributed by atoms with Crippen LogP contribution in [0.1, 0.15) is 6.92 Å². The maximum absolute atomic E-state index is 11.9.